The number of ether oxygens (including phenoxy) is 3. The molecule has 0 radical (unpaired) electrons. The molecule has 0 bridgehead atoms. The Balaban J connectivity index is 2.85. The smallest absolute Gasteiger partial charge is 0.346 e. The van der Waals surface area contributed by atoms with Crippen LogP contribution in [0.25, 0.3) is 0 Å². The quantitative estimate of drug-likeness (QED) is 0.770. The van der Waals surface area contributed by atoms with E-state index in [0.717, 1.165) is 12.0 Å². The minimum atomic E-state index is -0.677. The summed E-state index contributed by atoms with van der Waals surface area (Å²) in [5, 5.41) is 0. The zero-order chi connectivity index (χ0) is 13.5. The molecule has 100 valence electrons. The number of carbonyl (C=O) groups excluding carboxylic acids is 1. The molecule has 18 heavy (non-hydrogen) atoms. The Morgan fingerprint density at radius 2 is 2.06 bits per heavy atom. The van der Waals surface area contributed by atoms with Gasteiger partial charge in [0, 0.05) is 0 Å². The molecule has 0 saturated carbocycles. The fourth-order valence-corrected chi connectivity index (χ4v) is 1.54. The van der Waals surface area contributed by atoms with Crippen LogP contribution in [-0.4, -0.2) is 32.8 Å². The molecule has 1 unspecified atom stereocenters. The van der Waals surface area contributed by atoms with Crippen LogP contribution in [-0.2, 0) is 16.0 Å². The van der Waals surface area contributed by atoms with Crippen molar-refractivity contribution >= 4 is 5.97 Å². The van der Waals surface area contributed by atoms with Gasteiger partial charge in [-0.25, -0.2) is 4.79 Å². The molecule has 1 aromatic rings. The van der Waals surface area contributed by atoms with Crippen LogP contribution >= 0.6 is 0 Å². The van der Waals surface area contributed by atoms with E-state index in [1.165, 1.54) is 7.11 Å². The standard InChI is InChI=1S/C13H19NO4/c1-9(13(15)17-3)18-11-5-4-10(6-7-14)8-12(11)16-2/h4-5,8-9H,6-7,14H2,1-3H3. The van der Waals surface area contributed by atoms with Gasteiger partial charge in [-0.3, -0.25) is 0 Å². The highest BCUT2D eigenvalue weighted by Gasteiger charge is 2.17. The monoisotopic (exact) mass is 253 g/mol. The van der Waals surface area contributed by atoms with E-state index >= 15 is 0 Å². The van der Waals surface area contributed by atoms with Gasteiger partial charge in [-0.2, -0.15) is 0 Å². The van der Waals surface area contributed by atoms with E-state index in [9.17, 15) is 4.79 Å². The fourth-order valence-electron chi connectivity index (χ4n) is 1.54. The van der Waals surface area contributed by atoms with Crippen molar-refractivity contribution in [1.29, 1.82) is 0 Å². The normalized spacial score (nSPS) is 11.8. The summed E-state index contributed by atoms with van der Waals surface area (Å²) in [6.07, 6.45) is 0.0904. The molecule has 0 heterocycles. The Bertz CT molecular complexity index is 406. The van der Waals surface area contributed by atoms with Crippen LogP contribution < -0.4 is 15.2 Å². The lowest BCUT2D eigenvalue weighted by molar-refractivity contribution is -0.147. The highest BCUT2D eigenvalue weighted by Crippen LogP contribution is 2.29. The van der Waals surface area contributed by atoms with Gasteiger partial charge in [0.1, 0.15) is 0 Å². The van der Waals surface area contributed by atoms with Crippen molar-refractivity contribution < 1.29 is 19.0 Å². The molecule has 0 aliphatic rings. The van der Waals surface area contributed by atoms with Gasteiger partial charge in [0.15, 0.2) is 17.6 Å². The largest absolute Gasteiger partial charge is 0.493 e. The molecule has 2 N–H and O–H groups in total. The molecule has 5 nitrogen and oxygen atoms in total. The maximum atomic E-state index is 11.3. The van der Waals surface area contributed by atoms with Crippen molar-refractivity contribution in [1.82, 2.24) is 0 Å². The highest BCUT2D eigenvalue weighted by molar-refractivity contribution is 5.74. The molecule has 0 amide bonds. The minimum Gasteiger partial charge on any atom is -0.493 e. The Kier molecular flexibility index (Phi) is 5.45. The SMILES string of the molecule is COC(=O)C(C)Oc1ccc(CCN)cc1OC. The number of carbonyl (C=O) groups is 1. The van der Waals surface area contributed by atoms with Crippen molar-refractivity contribution in [2.75, 3.05) is 20.8 Å². The molecule has 1 atom stereocenters. The molecule has 5 heteroatoms. The molecule has 0 aliphatic heterocycles. The van der Waals surface area contributed by atoms with E-state index < -0.39 is 12.1 Å². The Labute approximate surface area is 107 Å². The first-order valence-electron chi connectivity index (χ1n) is 5.73. The summed E-state index contributed by atoms with van der Waals surface area (Å²) in [5.41, 5.74) is 6.56. The number of nitrogens with two attached hydrogens (primary N) is 1. The van der Waals surface area contributed by atoms with Crippen LogP contribution in [0.15, 0.2) is 18.2 Å². The van der Waals surface area contributed by atoms with Crippen molar-refractivity contribution in [3.8, 4) is 11.5 Å². The van der Waals surface area contributed by atoms with E-state index in [1.807, 2.05) is 12.1 Å². The van der Waals surface area contributed by atoms with Crippen molar-refractivity contribution in [3.63, 3.8) is 0 Å². The van der Waals surface area contributed by atoms with Crippen molar-refractivity contribution in [2.45, 2.75) is 19.4 Å². The van der Waals surface area contributed by atoms with E-state index in [-0.39, 0.29) is 0 Å². The second kappa shape index (κ2) is 6.86. The predicted molar refractivity (Wildman–Crippen MR) is 67.9 cm³/mol. The van der Waals surface area contributed by atoms with Crippen LogP contribution in [0.1, 0.15) is 12.5 Å². The molecule has 0 saturated heterocycles. The lowest BCUT2D eigenvalue weighted by Gasteiger charge is -2.15. The van der Waals surface area contributed by atoms with Crippen LogP contribution in [0.3, 0.4) is 0 Å². The third-order valence-corrected chi connectivity index (χ3v) is 2.50. The molecule has 0 spiro atoms. The zero-order valence-corrected chi connectivity index (χ0v) is 10.9. The van der Waals surface area contributed by atoms with Gasteiger partial charge in [0.2, 0.25) is 0 Å². The topological polar surface area (TPSA) is 70.8 Å². The zero-order valence-electron chi connectivity index (χ0n) is 10.9. The third kappa shape index (κ3) is 3.63. The van der Waals surface area contributed by atoms with E-state index in [2.05, 4.69) is 4.74 Å². The summed E-state index contributed by atoms with van der Waals surface area (Å²) in [5.74, 6) is 0.663. The van der Waals surface area contributed by atoms with Gasteiger partial charge in [0.05, 0.1) is 14.2 Å². The first kappa shape index (κ1) is 14.3. The Morgan fingerprint density at radius 3 is 2.61 bits per heavy atom. The molecular formula is C13H19NO4. The van der Waals surface area contributed by atoms with Gasteiger partial charge in [0.25, 0.3) is 0 Å². The summed E-state index contributed by atoms with van der Waals surface area (Å²) in [4.78, 5) is 11.3. The Morgan fingerprint density at radius 1 is 1.33 bits per heavy atom. The lowest BCUT2D eigenvalue weighted by Crippen LogP contribution is -2.25. The number of esters is 1. The summed E-state index contributed by atoms with van der Waals surface area (Å²) in [6.45, 7) is 2.20. The molecular weight excluding hydrogens is 234 g/mol. The van der Waals surface area contributed by atoms with Gasteiger partial charge >= 0.3 is 5.97 Å². The van der Waals surface area contributed by atoms with Crippen molar-refractivity contribution in [2.24, 2.45) is 5.73 Å². The number of methoxy groups -OCH3 is 2. The average molecular weight is 253 g/mol. The van der Waals surface area contributed by atoms with Crippen LogP contribution in [0.4, 0.5) is 0 Å². The summed E-state index contributed by atoms with van der Waals surface area (Å²) < 4.78 is 15.3. The maximum Gasteiger partial charge on any atom is 0.346 e. The molecule has 0 fully saturated rings. The predicted octanol–water partition coefficient (Wildman–Crippen LogP) is 1.14. The number of hydrogen-bond donors (Lipinski definition) is 1. The molecule has 1 rings (SSSR count). The van der Waals surface area contributed by atoms with Gasteiger partial charge in [-0.15, -0.1) is 0 Å². The van der Waals surface area contributed by atoms with Gasteiger partial charge in [-0.05, 0) is 37.6 Å². The van der Waals surface area contributed by atoms with E-state index in [4.69, 9.17) is 15.2 Å². The minimum absolute atomic E-state index is 0.428. The van der Waals surface area contributed by atoms with Gasteiger partial charge in [-0.1, -0.05) is 6.07 Å². The lowest BCUT2D eigenvalue weighted by atomic mass is 10.1. The summed E-state index contributed by atoms with van der Waals surface area (Å²) in [7, 11) is 2.88. The number of benzene rings is 1. The van der Waals surface area contributed by atoms with Crippen LogP contribution in [0.5, 0.6) is 11.5 Å². The molecule has 0 aliphatic carbocycles. The first-order chi connectivity index (χ1) is 8.62. The van der Waals surface area contributed by atoms with E-state index in [1.54, 1.807) is 20.1 Å². The fraction of sp³-hybridized carbons (Fsp3) is 0.462. The van der Waals surface area contributed by atoms with Crippen LogP contribution in [0, 0.1) is 0 Å². The summed E-state index contributed by atoms with van der Waals surface area (Å²) >= 11 is 0. The van der Waals surface area contributed by atoms with Gasteiger partial charge < -0.3 is 19.9 Å². The molecule has 1 aromatic carbocycles. The number of hydrogen-bond acceptors (Lipinski definition) is 5. The van der Waals surface area contributed by atoms with E-state index in [0.29, 0.717) is 18.0 Å². The second-order valence-corrected chi connectivity index (χ2v) is 3.81. The average Bonchev–Trinajstić information content (AvgIpc) is 2.39. The first-order valence-corrected chi connectivity index (χ1v) is 5.73. The van der Waals surface area contributed by atoms with Crippen molar-refractivity contribution in [3.05, 3.63) is 23.8 Å². The highest BCUT2D eigenvalue weighted by atomic mass is 16.6. The second-order valence-electron chi connectivity index (χ2n) is 3.81. The number of rotatable bonds is 6. The Hall–Kier alpha value is -1.75. The van der Waals surface area contributed by atoms with Crippen LogP contribution in [0.2, 0.25) is 0 Å². The molecule has 0 aromatic heterocycles. The summed E-state index contributed by atoms with van der Waals surface area (Å²) in [6, 6.07) is 5.52. The maximum absolute atomic E-state index is 11.3. The third-order valence-electron chi connectivity index (χ3n) is 2.50.